The van der Waals surface area contributed by atoms with Crippen molar-refractivity contribution in [2.75, 3.05) is 5.32 Å². The lowest BCUT2D eigenvalue weighted by Gasteiger charge is -2.28. The molecule has 0 unspecified atom stereocenters. The Morgan fingerprint density at radius 3 is 2.68 bits per heavy atom. The maximum atomic E-state index is 6.31. The number of rotatable bonds is 4. The fraction of sp³-hybridized carbons (Fsp3) is 0.600. The molecule has 0 aliphatic heterocycles. The predicted molar refractivity (Wildman–Crippen MR) is 80.6 cm³/mol. The Morgan fingerprint density at radius 2 is 2.05 bits per heavy atom. The minimum atomic E-state index is 0.485. The first-order chi connectivity index (χ1) is 9.24. The molecule has 1 aliphatic carbocycles. The monoisotopic (exact) mass is 279 g/mol. The molecule has 4 heteroatoms. The van der Waals surface area contributed by atoms with Gasteiger partial charge >= 0.3 is 0 Å². The molecule has 1 aliphatic rings. The van der Waals surface area contributed by atoms with Gasteiger partial charge in [-0.1, -0.05) is 30.7 Å². The molecule has 1 N–H and O–H groups in total. The van der Waals surface area contributed by atoms with Crippen molar-refractivity contribution in [3.63, 3.8) is 0 Å². The van der Waals surface area contributed by atoms with Crippen LogP contribution in [0, 0.1) is 5.92 Å². The lowest BCUT2D eigenvalue weighted by Crippen LogP contribution is -2.26. The smallest absolute Gasteiger partial charge is 0.148 e. The summed E-state index contributed by atoms with van der Waals surface area (Å²) >= 11 is 6.31. The predicted octanol–water partition coefficient (Wildman–Crippen LogP) is 4.24. The maximum absolute atomic E-state index is 6.31. The number of halogens is 1. The van der Waals surface area contributed by atoms with Crippen LogP contribution in [0.3, 0.4) is 0 Å². The Balaban J connectivity index is 1.96. The first kappa shape index (κ1) is 14.3. The number of allylic oxidation sites excluding steroid dienone is 2. The van der Waals surface area contributed by atoms with E-state index in [4.69, 9.17) is 11.6 Å². The van der Waals surface area contributed by atoms with E-state index in [2.05, 4.69) is 41.3 Å². The number of nitrogens with one attached hydrogen (secondary N) is 1. The number of hydrogen-bond donors (Lipinski definition) is 1. The molecule has 104 valence electrons. The fourth-order valence-corrected chi connectivity index (χ4v) is 2.96. The average Bonchev–Trinajstić information content (AvgIpc) is 2.43. The van der Waals surface area contributed by atoms with Gasteiger partial charge in [0.25, 0.3) is 0 Å². The number of aromatic nitrogens is 2. The first-order valence-electron chi connectivity index (χ1n) is 7.13. The van der Waals surface area contributed by atoms with Crippen LogP contribution < -0.4 is 5.32 Å². The molecule has 0 spiro atoms. The highest BCUT2D eigenvalue weighted by molar-refractivity contribution is 6.33. The van der Waals surface area contributed by atoms with E-state index in [0.717, 1.165) is 23.9 Å². The molecule has 0 atom stereocenters. The van der Waals surface area contributed by atoms with Gasteiger partial charge in [-0.25, -0.2) is 9.97 Å². The standard InChI is InChI=1S/C15H22ClN3/c1-3-5-11-6-8-12(9-7-11)19-15-14(16)13(4-2)17-10-18-15/h3,5,10-12H,4,6-9H2,1-2H3,(H,17,18,19)/b5-3-. The van der Waals surface area contributed by atoms with E-state index in [1.54, 1.807) is 6.33 Å². The molecule has 3 nitrogen and oxygen atoms in total. The van der Waals surface area contributed by atoms with Crippen molar-refractivity contribution in [1.82, 2.24) is 9.97 Å². The van der Waals surface area contributed by atoms with Gasteiger partial charge in [0.2, 0.25) is 0 Å². The minimum absolute atomic E-state index is 0.485. The summed E-state index contributed by atoms with van der Waals surface area (Å²) in [6, 6.07) is 0.485. The molecule has 0 saturated heterocycles. The van der Waals surface area contributed by atoms with E-state index in [1.807, 2.05) is 0 Å². The van der Waals surface area contributed by atoms with Crippen LogP contribution in [0.5, 0.6) is 0 Å². The third kappa shape index (κ3) is 3.69. The van der Waals surface area contributed by atoms with Crippen LogP contribution >= 0.6 is 11.6 Å². The lowest BCUT2D eigenvalue weighted by molar-refractivity contribution is 0.390. The molecule has 0 radical (unpaired) electrons. The molecule has 0 bridgehead atoms. The highest BCUT2D eigenvalue weighted by Crippen LogP contribution is 2.29. The molecule has 0 aromatic carbocycles. The summed E-state index contributed by atoms with van der Waals surface area (Å²) in [5.74, 6) is 1.54. The van der Waals surface area contributed by atoms with Gasteiger partial charge < -0.3 is 5.32 Å². The summed E-state index contributed by atoms with van der Waals surface area (Å²) in [4.78, 5) is 8.46. The van der Waals surface area contributed by atoms with Crippen LogP contribution in [0.4, 0.5) is 5.82 Å². The van der Waals surface area contributed by atoms with Crippen LogP contribution in [0.15, 0.2) is 18.5 Å². The second-order valence-electron chi connectivity index (χ2n) is 5.12. The Hall–Kier alpha value is -1.09. The molecular formula is C15H22ClN3. The van der Waals surface area contributed by atoms with Gasteiger partial charge in [-0.15, -0.1) is 0 Å². The molecule has 2 rings (SSSR count). The first-order valence-corrected chi connectivity index (χ1v) is 7.51. The summed E-state index contributed by atoms with van der Waals surface area (Å²) in [6.07, 6.45) is 11.8. The summed E-state index contributed by atoms with van der Waals surface area (Å²) < 4.78 is 0. The van der Waals surface area contributed by atoms with Crippen LogP contribution in [-0.4, -0.2) is 16.0 Å². The minimum Gasteiger partial charge on any atom is -0.366 e. The Bertz CT molecular complexity index is 437. The van der Waals surface area contributed by atoms with Gasteiger partial charge in [-0.05, 0) is 44.9 Å². The van der Waals surface area contributed by atoms with Gasteiger partial charge in [0.1, 0.15) is 17.2 Å². The van der Waals surface area contributed by atoms with Crippen molar-refractivity contribution in [2.24, 2.45) is 5.92 Å². The zero-order valence-corrected chi connectivity index (χ0v) is 12.5. The van der Waals surface area contributed by atoms with E-state index in [1.165, 1.54) is 25.7 Å². The fourth-order valence-electron chi connectivity index (χ4n) is 2.67. The van der Waals surface area contributed by atoms with Crippen LogP contribution in [0.1, 0.15) is 45.2 Å². The topological polar surface area (TPSA) is 37.8 Å². The number of hydrogen-bond acceptors (Lipinski definition) is 3. The van der Waals surface area contributed by atoms with Crippen molar-refractivity contribution in [3.05, 3.63) is 29.2 Å². The molecule has 1 heterocycles. The molecule has 0 amide bonds. The normalized spacial score (nSPS) is 23.7. The van der Waals surface area contributed by atoms with Crippen LogP contribution in [0.25, 0.3) is 0 Å². The molecule has 19 heavy (non-hydrogen) atoms. The van der Waals surface area contributed by atoms with Gasteiger partial charge in [-0.2, -0.15) is 0 Å². The quantitative estimate of drug-likeness (QED) is 0.838. The van der Waals surface area contributed by atoms with Gasteiger partial charge in [-0.3, -0.25) is 0 Å². The SMILES string of the molecule is C/C=C\C1CCC(Nc2ncnc(CC)c2Cl)CC1. The van der Waals surface area contributed by atoms with E-state index in [9.17, 15) is 0 Å². The third-order valence-electron chi connectivity index (χ3n) is 3.77. The van der Waals surface area contributed by atoms with E-state index >= 15 is 0 Å². The Morgan fingerprint density at radius 1 is 1.32 bits per heavy atom. The molecule has 1 saturated carbocycles. The second-order valence-corrected chi connectivity index (χ2v) is 5.50. The highest BCUT2D eigenvalue weighted by Gasteiger charge is 2.20. The number of nitrogens with zero attached hydrogens (tertiary/aromatic N) is 2. The van der Waals surface area contributed by atoms with Gasteiger partial charge in [0.05, 0.1) is 5.69 Å². The molecule has 1 aromatic heterocycles. The van der Waals surface area contributed by atoms with Crippen LogP contribution in [0.2, 0.25) is 5.02 Å². The Labute approximate surface area is 120 Å². The van der Waals surface area contributed by atoms with Crippen LogP contribution in [-0.2, 0) is 6.42 Å². The van der Waals surface area contributed by atoms with Crippen molar-refractivity contribution in [2.45, 2.75) is 52.0 Å². The largest absolute Gasteiger partial charge is 0.366 e. The summed E-state index contributed by atoms with van der Waals surface area (Å²) in [6.45, 7) is 4.15. The van der Waals surface area contributed by atoms with E-state index in [0.29, 0.717) is 11.1 Å². The zero-order valence-electron chi connectivity index (χ0n) is 11.7. The van der Waals surface area contributed by atoms with E-state index in [-0.39, 0.29) is 0 Å². The number of aryl methyl sites for hydroxylation is 1. The zero-order chi connectivity index (χ0) is 13.7. The van der Waals surface area contributed by atoms with Gasteiger partial charge in [0, 0.05) is 6.04 Å². The second kappa shape index (κ2) is 6.90. The van der Waals surface area contributed by atoms with E-state index < -0.39 is 0 Å². The van der Waals surface area contributed by atoms with Crippen molar-refractivity contribution >= 4 is 17.4 Å². The summed E-state index contributed by atoms with van der Waals surface area (Å²) in [5, 5.41) is 4.16. The number of anilines is 1. The highest BCUT2D eigenvalue weighted by atomic mass is 35.5. The van der Waals surface area contributed by atoms with Crippen molar-refractivity contribution in [3.8, 4) is 0 Å². The van der Waals surface area contributed by atoms with Crippen molar-refractivity contribution < 1.29 is 0 Å². The van der Waals surface area contributed by atoms with Gasteiger partial charge in [0.15, 0.2) is 0 Å². The Kier molecular flexibility index (Phi) is 5.20. The molecule has 1 fully saturated rings. The average molecular weight is 280 g/mol. The lowest BCUT2D eigenvalue weighted by atomic mass is 9.86. The molecular weight excluding hydrogens is 258 g/mol. The van der Waals surface area contributed by atoms with Crippen molar-refractivity contribution in [1.29, 1.82) is 0 Å². The molecule has 1 aromatic rings. The third-order valence-corrected chi connectivity index (χ3v) is 4.17. The summed E-state index contributed by atoms with van der Waals surface area (Å²) in [7, 11) is 0. The summed E-state index contributed by atoms with van der Waals surface area (Å²) in [5.41, 5.74) is 0.918. The maximum Gasteiger partial charge on any atom is 0.148 e.